The van der Waals surface area contributed by atoms with Gasteiger partial charge in [0.15, 0.2) is 0 Å². The molecule has 1 atom stereocenters. The Balaban J connectivity index is 2.13. The first kappa shape index (κ1) is 16.0. The highest BCUT2D eigenvalue weighted by Crippen LogP contribution is 2.24. The van der Waals surface area contributed by atoms with Crippen LogP contribution in [0.3, 0.4) is 0 Å². The van der Waals surface area contributed by atoms with E-state index in [2.05, 4.69) is 4.72 Å². The Hall–Kier alpha value is -2.36. The maximum atomic E-state index is 12.3. The molecule has 0 aliphatic heterocycles. The van der Waals surface area contributed by atoms with Crippen LogP contribution in [0.4, 0.5) is 0 Å². The van der Waals surface area contributed by atoms with Gasteiger partial charge >= 0.3 is 0 Å². The van der Waals surface area contributed by atoms with E-state index in [0.29, 0.717) is 28.5 Å². The first-order chi connectivity index (χ1) is 10.7. The molecular formula is C16H16N2O3S. The lowest BCUT2D eigenvalue weighted by Crippen LogP contribution is -2.18. The number of methoxy groups -OCH3 is 2. The van der Waals surface area contributed by atoms with Crippen LogP contribution >= 0.6 is 0 Å². The monoisotopic (exact) mass is 316 g/mol. The van der Waals surface area contributed by atoms with Crippen molar-refractivity contribution in [3.8, 4) is 17.6 Å². The minimum atomic E-state index is -1.47. The molecule has 0 bridgehead atoms. The molecule has 0 aromatic heterocycles. The van der Waals surface area contributed by atoms with Crippen molar-refractivity contribution in [2.45, 2.75) is 11.4 Å². The molecule has 6 heteroatoms. The van der Waals surface area contributed by atoms with E-state index >= 15 is 0 Å². The van der Waals surface area contributed by atoms with Crippen molar-refractivity contribution in [3.63, 3.8) is 0 Å². The highest BCUT2D eigenvalue weighted by atomic mass is 32.2. The number of benzene rings is 2. The molecule has 1 N–H and O–H groups in total. The van der Waals surface area contributed by atoms with Gasteiger partial charge in [0.25, 0.3) is 0 Å². The molecule has 1 unspecified atom stereocenters. The lowest BCUT2D eigenvalue weighted by molar-refractivity contribution is 0.391. The summed E-state index contributed by atoms with van der Waals surface area (Å²) in [6.07, 6.45) is 0. The Bertz CT molecular complexity index is 726. The van der Waals surface area contributed by atoms with E-state index in [4.69, 9.17) is 14.7 Å². The minimum Gasteiger partial charge on any atom is -0.497 e. The quantitative estimate of drug-likeness (QED) is 0.888. The lowest BCUT2D eigenvalue weighted by atomic mass is 10.2. The SMILES string of the molecule is COc1ccc(CNS(=O)c2ccccc2C#N)c(OC)c1. The van der Waals surface area contributed by atoms with Crippen LogP contribution < -0.4 is 14.2 Å². The first-order valence-corrected chi connectivity index (χ1v) is 7.70. The molecule has 5 nitrogen and oxygen atoms in total. The molecule has 2 aromatic rings. The smallest absolute Gasteiger partial charge is 0.127 e. The standard InChI is InChI=1S/C16H16N2O3S/c1-20-14-8-7-13(15(9-14)21-2)11-18-22(19)16-6-4-3-5-12(16)10-17/h3-9,18H,11H2,1-2H3. The molecule has 0 saturated heterocycles. The predicted molar refractivity (Wildman–Crippen MR) is 84.0 cm³/mol. The van der Waals surface area contributed by atoms with Gasteiger partial charge in [0.2, 0.25) is 0 Å². The van der Waals surface area contributed by atoms with Gasteiger partial charge < -0.3 is 9.47 Å². The van der Waals surface area contributed by atoms with Crippen molar-refractivity contribution in [3.05, 3.63) is 53.6 Å². The normalized spacial score (nSPS) is 11.5. The van der Waals surface area contributed by atoms with Gasteiger partial charge in [-0.3, -0.25) is 0 Å². The molecule has 2 rings (SSSR count). The van der Waals surface area contributed by atoms with Crippen LogP contribution in [0, 0.1) is 11.3 Å². The van der Waals surface area contributed by atoms with Crippen LogP contribution in [-0.4, -0.2) is 18.4 Å². The number of nitriles is 1. The van der Waals surface area contributed by atoms with Crippen molar-refractivity contribution in [1.82, 2.24) is 4.72 Å². The number of rotatable bonds is 6. The first-order valence-electron chi connectivity index (χ1n) is 6.55. The second kappa shape index (κ2) is 7.59. The van der Waals surface area contributed by atoms with Crippen molar-refractivity contribution in [2.24, 2.45) is 0 Å². The molecular weight excluding hydrogens is 300 g/mol. The Morgan fingerprint density at radius 3 is 2.64 bits per heavy atom. The highest BCUT2D eigenvalue weighted by molar-refractivity contribution is 7.83. The summed E-state index contributed by atoms with van der Waals surface area (Å²) in [6.45, 7) is 0.347. The van der Waals surface area contributed by atoms with Gasteiger partial charge in [0, 0.05) is 18.2 Å². The summed E-state index contributed by atoms with van der Waals surface area (Å²) in [5.41, 5.74) is 1.25. The van der Waals surface area contributed by atoms with E-state index in [9.17, 15) is 4.21 Å². The number of hydrogen-bond donors (Lipinski definition) is 1. The van der Waals surface area contributed by atoms with E-state index < -0.39 is 11.0 Å². The maximum Gasteiger partial charge on any atom is 0.127 e. The molecule has 0 saturated carbocycles. The van der Waals surface area contributed by atoms with Crippen molar-refractivity contribution < 1.29 is 13.7 Å². The third-order valence-corrected chi connectivity index (χ3v) is 4.26. The number of ether oxygens (including phenoxy) is 2. The van der Waals surface area contributed by atoms with Gasteiger partial charge in [-0.2, -0.15) is 5.26 Å². The average molecular weight is 316 g/mol. The van der Waals surface area contributed by atoms with E-state index in [1.165, 1.54) is 0 Å². The largest absolute Gasteiger partial charge is 0.497 e. The molecule has 0 radical (unpaired) electrons. The molecule has 0 heterocycles. The third-order valence-electron chi connectivity index (χ3n) is 3.10. The van der Waals surface area contributed by atoms with E-state index in [0.717, 1.165) is 5.56 Å². The summed E-state index contributed by atoms with van der Waals surface area (Å²) >= 11 is 0. The number of nitrogens with zero attached hydrogens (tertiary/aromatic N) is 1. The fourth-order valence-corrected chi connectivity index (χ4v) is 2.90. The van der Waals surface area contributed by atoms with Gasteiger partial charge in [-0.1, -0.05) is 18.2 Å². The van der Waals surface area contributed by atoms with Crippen LogP contribution in [0.1, 0.15) is 11.1 Å². The fraction of sp³-hybridized carbons (Fsp3) is 0.188. The van der Waals surface area contributed by atoms with Gasteiger partial charge in [0.1, 0.15) is 28.6 Å². The highest BCUT2D eigenvalue weighted by Gasteiger charge is 2.11. The Morgan fingerprint density at radius 2 is 1.95 bits per heavy atom. The molecule has 0 amide bonds. The maximum absolute atomic E-state index is 12.3. The number of hydrogen-bond acceptors (Lipinski definition) is 4. The zero-order chi connectivity index (χ0) is 15.9. The molecule has 0 aliphatic rings. The fourth-order valence-electron chi connectivity index (χ4n) is 1.94. The summed E-state index contributed by atoms with van der Waals surface area (Å²) in [5.74, 6) is 1.34. The average Bonchev–Trinajstić information content (AvgIpc) is 2.59. The predicted octanol–water partition coefficient (Wildman–Crippen LogP) is 2.39. The Morgan fingerprint density at radius 1 is 1.18 bits per heavy atom. The van der Waals surface area contributed by atoms with Gasteiger partial charge in [0.05, 0.1) is 24.7 Å². The van der Waals surface area contributed by atoms with Crippen molar-refractivity contribution in [2.75, 3.05) is 14.2 Å². The molecule has 114 valence electrons. The second-order valence-corrected chi connectivity index (χ2v) is 5.64. The van der Waals surface area contributed by atoms with Crippen LogP contribution in [0.2, 0.25) is 0 Å². The number of nitrogens with one attached hydrogen (secondary N) is 1. The Labute approximate surface area is 132 Å². The molecule has 2 aromatic carbocycles. The van der Waals surface area contributed by atoms with Crippen LogP contribution in [0.5, 0.6) is 11.5 Å². The molecule has 0 spiro atoms. The van der Waals surface area contributed by atoms with Crippen LogP contribution in [-0.2, 0) is 17.5 Å². The zero-order valence-electron chi connectivity index (χ0n) is 12.3. The van der Waals surface area contributed by atoms with Gasteiger partial charge in [-0.15, -0.1) is 0 Å². The van der Waals surface area contributed by atoms with Gasteiger partial charge in [-0.05, 0) is 18.2 Å². The minimum absolute atomic E-state index is 0.347. The molecule has 22 heavy (non-hydrogen) atoms. The van der Waals surface area contributed by atoms with Crippen LogP contribution in [0.15, 0.2) is 47.4 Å². The van der Waals surface area contributed by atoms with E-state index in [1.54, 1.807) is 44.6 Å². The van der Waals surface area contributed by atoms with Crippen LogP contribution in [0.25, 0.3) is 0 Å². The van der Waals surface area contributed by atoms with Gasteiger partial charge in [-0.25, -0.2) is 8.93 Å². The zero-order valence-corrected chi connectivity index (χ0v) is 13.1. The summed E-state index contributed by atoms with van der Waals surface area (Å²) in [4.78, 5) is 0.470. The lowest BCUT2D eigenvalue weighted by Gasteiger charge is -2.11. The summed E-state index contributed by atoms with van der Waals surface area (Å²) in [5, 5.41) is 9.05. The molecule has 0 fully saturated rings. The van der Waals surface area contributed by atoms with E-state index in [1.807, 2.05) is 18.2 Å². The van der Waals surface area contributed by atoms with Crippen molar-refractivity contribution in [1.29, 1.82) is 5.26 Å². The topological polar surface area (TPSA) is 71.3 Å². The second-order valence-electron chi connectivity index (χ2n) is 4.38. The van der Waals surface area contributed by atoms with E-state index in [-0.39, 0.29) is 0 Å². The Kier molecular flexibility index (Phi) is 5.53. The van der Waals surface area contributed by atoms with Crippen molar-refractivity contribution >= 4 is 11.0 Å². The summed E-state index contributed by atoms with van der Waals surface area (Å²) < 4.78 is 25.6. The molecule has 0 aliphatic carbocycles. The summed E-state index contributed by atoms with van der Waals surface area (Å²) in [7, 11) is 1.68. The third kappa shape index (κ3) is 3.64. The summed E-state index contributed by atoms with van der Waals surface area (Å²) in [6, 6.07) is 14.3.